The number of benzene rings is 2. The minimum absolute atomic E-state index is 0.159. The van der Waals surface area contributed by atoms with Gasteiger partial charge in [0.25, 0.3) is 5.69 Å². The predicted octanol–water partition coefficient (Wildman–Crippen LogP) is 6.01. The van der Waals surface area contributed by atoms with Crippen LogP contribution in [0.1, 0.15) is 64.6 Å². The molecule has 34 heavy (non-hydrogen) atoms. The van der Waals surface area contributed by atoms with Crippen LogP contribution in [0, 0.1) is 10.1 Å². The van der Waals surface area contributed by atoms with E-state index in [1.807, 2.05) is 6.07 Å². The Morgan fingerprint density at radius 3 is 2.47 bits per heavy atom. The Bertz CT molecular complexity index is 1120. The van der Waals surface area contributed by atoms with Crippen LogP contribution in [0.5, 0.6) is 0 Å². The molecule has 0 aliphatic carbocycles. The fourth-order valence-corrected chi connectivity index (χ4v) is 5.47. The van der Waals surface area contributed by atoms with E-state index in [1.54, 1.807) is 12.1 Å². The van der Waals surface area contributed by atoms with Crippen molar-refractivity contribution >= 4 is 17.1 Å². The van der Waals surface area contributed by atoms with Crippen LogP contribution >= 0.6 is 0 Å². The molecular formula is C28H37N4O2+. The minimum atomic E-state index is -0.328. The molecule has 4 rings (SSSR count). The van der Waals surface area contributed by atoms with Gasteiger partial charge in [-0.1, -0.05) is 43.7 Å². The second-order valence-electron chi connectivity index (χ2n) is 9.73. The molecule has 0 spiro atoms. The number of rotatable bonds is 8. The van der Waals surface area contributed by atoms with E-state index in [-0.39, 0.29) is 16.0 Å². The Morgan fingerprint density at radius 2 is 1.85 bits per heavy atom. The summed E-state index contributed by atoms with van der Waals surface area (Å²) in [7, 11) is 0. The molecule has 2 aromatic rings. The third kappa shape index (κ3) is 4.10. The molecule has 2 heterocycles. The number of hydrogen-bond donors (Lipinski definition) is 0. The van der Waals surface area contributed by atoms with Crippen molar-refractivity contribution in [3.8, 4) is 0 Å². The van der Waals surface area contributed by atoms with Crippen LogP contribution in [0.2, 0.25) is 0 Å². The van der Waals surface area contributed by atoms with Gasteiger partial charge in [-0.3, -0.25) is 10.1 Å². The van der Waals surface area contributed by atoms with Crippen LogP contribution in [0.3, 0.4) is 0 Å². The highest BCUT2D eigenvalue weighted by Gasteiger charge is 2.46. The van der Waals surface area contributed by atoms with Crippen LogP contribution in [0.25, 0.3) is 0 Å². The molecule has 0 saturated carbocycles. The van der Waals surface area contributed by atoms with Crippen molar-refractivity contribution in [2.24, 2.45) is 0 Å². The number of fused-ring (bicyclic) bond motifs is 1. The van der Waals surface area contributed by atoms with E-state index in [0.29, 0.717) is 6.04 Å². The van der Waals surface area contributed by atoms with Gasteiger partial charge in [-0.15, -0.1) is 0 Å². The van der Waals surface area contributed by atoms with Gasteiger partial charge in [0.2, 0.25) is 5.69 Å². The van der Waals surface area contributed by atoms with E-state index in [1.165, 1.54) is 17.1 Å². The van der Waals surface area contributed by atoms with Crippen molar-refractivity contribution in [2.45, 2.75) is 58.9 Å². The molecule has 0 N–H and O–H groups in total. The molecule has 1 fully saturated rings. The minimum Gasteiger partial charge on any atom is -0.356 e. The van der Waals surface area contributed by atoms with E-state index >= 15 is 0 Å². The summed E-state index contributed by atoms with van der Waals surface area (Å²) < 4.78 is 2.40. The van der Waals surface area contributed by atoms with Crippen molar-refractivity contribution < 1.29 is 9.50 Å². The zero-order valence-electron chi connectivity index (χ0n) is 21.1. The first-order chi connectivity index (χ1) is 16.3. The fraction of sp³-hybridized carbons (Fsp3) is 0.464. The largest absolute Gasteiger partial charge is 0.356 e. The summed E-state index contributed by atoms with van der Waals surface area (Å²) in [5.41, 5.74) is 4.52. The maximum absolute atomic E-state index is 11.5. The van der Waals surface area contributed by atoms with Gasteiger partial charge in [0.15, 0.2) is 5.71 Å². The molecule has 2 aliphatic heterocycles. The zero-order valence-corrected chi connectivity index (χ0v) is 21.1. The lowest BCUT2D eigenvalue weighted by molar-refractivity contribution is -0.438. The molecule has 1 saturated heterocycles. The van der Waals surface area contributed by atoms with Gasteiger partial charge in [-0.25, -0.2) is 0 Å². The quantitative estimate of drug-likeness (QED) is 0.274. The Labute approximate surface area is 203 Å². The van der Waals surface area contributed by atoms with Crippen molar-refractivity contribution in [3.63, 3.8) is 0 Å². The van der Waals surface area contributed by atoms with Crippen LogP contribution in [0.15, 0.2) is 60.4 Å². The van der Waals surface area contributed by atoms with Crippen molar-refractivity contribution in [1.29, 1.82) is 0 Å². The van der Waals surface area contributed by atoms with E-state index in [2.05, 4.69) is 85.4 Å². The second-order valence-corrected chi connectivity index (χ2v) is 9.73. The highest BCUT2D eigenvalue weighted by molar-refractivity contribution is 6.03. The first-order valence-corrected chi connectivity index (χ1v) is 12.6. The molecule has 0 amide bonds. The molecule has 0 aromatic heterocycles. The summed E-state index contributed by atoms with van der Waals surface area (Å²) in [6.07, 6.45) is 4.53. The number of nitro benzene ring substituents is 1. The van der Waals surface area contributed by atoms with Crippen LogP contribution in [-0.4, -0.2) is 51.2 Å². The third-order valence-corrected chi connectivity index (χ3v) is 7.38. The van der Waals surface area contributed by atoms with Crippen LogP contribution in [-0.2, 0) is 5.41 Å². The topological polar surface area (TPSA) is 52.6 Å². The van der Waals surface area contributed by atoms with Gasteiger partial charge in [-0.2, -0.15) is 4.58 Å². The number of hydrogen-bond acceptors (Lipinski definition) is 4. The van der Waals surface area contributed by atoms with Crippen LogP contribution in [0.4, 0.5) is 11.4 Å². The molecule has 0 bridgehead atoms. The molecule has 2 aromatic carbocycles. The molecule has 1 unspecified atom stereocenters. The van der Waals surface area contributed by atoms with E-state index in [0.717, 1.165) is 50.3 Å². The highest BCUT2D eigenvalue weighted by atomic mass is 16.6. The highest BCUT2D eigenvalue weighted by Crippen LogP contribution is 2.43. The standard InChI is InChI=1S/C28H37N4O2/c1-6-9-17-31-24-16-15-22(32(33)34)18-23(24)28(4,5)26(31)19-27-29(7-2)20-25(30(27)8-3)21-13-11-10-12-14-21/h10-16,18-19,25H,6-9,17,20H2,1-5H3/q+1. The summed E-state index contributed by atoms with van der Waals surface area (Å²) in [5.74, 6) is 1.24. The molecule has 6 nitrogen and oxygen atoms in total. The number of nitro groups is 1. The smallest absolute Gasteiger partial charge is 0.270 e. The third-order valence-electron chi connectivity index (χ3n) is 7.38. The number of nitrogens with zero attached hydrogens (tertiary/aromatic N) is 4. The number of likely N-dealkylation sites (N-methyl/N-ethyl adjacent to an activating group) is 2. The van der Waals surface area contributed by atoms with E-state index in [9.17, 15) is 10.1 Å². The Kier molecular flexibility index (Phi) is 6.78. The SMILES string of the molecule is CCCC[N+]1=C(/C=C2/N(CC)CC(c3ccccc3)N2CC)C(C)(C)c2cc([N+](=O)[O-])ccc21. The number of unbranched alkanes of at least 4 members (excludes halogenated alkanes) is 1. The maximum atomic E-state index is 11.5. The molecule has 180 valence electrons. The summed E-state index contributed by atoms with van der Waals surface area (Å²) in [4.78, 5) is 16.2. The molecular weight excluding hydrogens is 424 g/mol. The van der Waals surface area contributed by atoms with Gasteiger partial charge >= 0.3 is 0 Å². The lowest BCUT2D eigenvalue weighted by atomic mass is 9.81. The molecule has 0 radical (unpaired) electrons. The molecule has 2 aliphatic rings. The first-order valence-electron chi connectivity index (χ1n) is 12.6. The summed E-state index contributed by atoms with van der Waals surface area (Å²) in [5, 5.41) is 11.5. The van der Waals surface area contributed by atoms with Crippen molar-refractivity contribution in [2.75, 3.05) is 26.2 Å². The summed E-state index contributed by atoms with van der Waals surface area (Å²) in [6.45, 7) is 14.8. The molecule has 6 heteroatoms. The Morgan fingerprint density at radius 1 is 1.12 bits per heavy atom. The normalized spacial score (nSPS) is 20.4. The summed E-state index contributed by atoms with van der Waals surface area (Å²) in [6, 6.07) is 16.4. The second kappa shape index (κ2) is 9.61. The van der Waals surface area contributed by atoms with Crippen LogP contribution < -0.4 is 0 Å². The van der Waals surface area contributed by atoms with E-state index in [4.69, 9.17) is 0 Å². The van der Waals surface area contributed by atoms with Crippen molar-refractivity contribution in [1.82, 2.24) is 9.80 Å². The predicted molar refractivity (Wildman–Crippen MR) is 138 cm³/mol. The molecule has 1 atom stereocenters. The van der Waals surface area contributed by atoms with Gasteiger partial charge in [0.1, 0.15) is 12.4 Å². The summed E-state index contributed by atoms with van der Waals surface area (Å²) >= 11 is 0. The monoisotopic (exact) mass is 461 g/mol. The van der Waals surface area contributed by atoms with Gasteiger partial charge in [-0.05, 0) is 33.3 Å². The average molecular weight is 462 g/mol. The number of non-ortho nitro benzene ring substituents is 1. The lowest BCUT2D eigenvalue weighted by Crippen LogP contribution is -2.32. The fourth-order valence-electron chi connectivity index (χ4n) is 5.47. The average Bonchev–Trinajstić information content (AvgIpc) is 3.30. The van der Waals surface area contributed by atoms with E-state index < -0.39 is 0 Å². The van der Waals surface area contributed by atoms with Gasteiger partial charge in [0.05, 0.1) is 16.4 Å². The Balaban J connectivity index is 1.84. The number of allylic oxidation sites excluding steroid dienone is 1. The zero-order chi connectivity index (χ0) is 24.5. The maximum Gasteiger partial charge on any atom is 0.270 e. The Hall–Kier alpha value is -3.15. The van der Waals surface area contributed by atoms with Gasteiger partial charge < -0.3 is 9.80 Å². The lowest BCUT2D eigenvalue weighted by Gasteiger charge is -2.27. The van der Waals surface area contributed by atoms with Crippen molar-refractivity contribution in [3.05, 3.63) is 81.7 Å². The van der Waals surface area contributed by atoms with Gasteiger partial charge in [0, 0.05) is 55.9 Å². The first kappa shape index (κ1) is 24.0.